The quantitative estimate of drug-likeness (QED) is 0.200. The first kappa shape index (κ1) is 26.8. The summed E-state index contributed by atoms with van der Waals surface area (Å²) in [6, 6.07) is 10.5. The molecule has 184 valence electrons. The Morgan fingerprint density at radius 2 is 1.68 bits per heavy atom. The Balaban J connectivity index is 1.96. The number of amides is 3. The van der Waals surface area contributed by atoms with E-state index >= 15 is 0 Å². The third-order valence-corrected chi connectivity index (χ3v) is 5.04. The van der Waals surface area contributed by atoms with Crippen molar-refractivity contribution in [1.82, 2.24) is 15.5 Å². The monoisotopic (exact) mass is 473 g/mol. The lowest BCUT2D eigenvalue weighted by molar-refractivity contribution is -0.115. The maximum Gasteiger partial charge on any atom is 0.315 e. The number of halogens is 2. The van der Waals surface area contributed by atoms with Crippen molar-refractivity contribution in [2.45, 2.75) is 58.7 Å². The number of benzene rings is 2. The van der Waals surface area contributed by atoms with Crippen LogP contribution in [0.25, 0.3) is 0 Å². The smallest absolute Gasteiger partial charge is 0.315 e. The van der Waals surface area contributed by atoms with E-state index in [1.807, 2.05) is 24.3 Å². The summed E-state index contributed by atoms with van der Waals surface area (Å²) in [4.78, 5) is 29.1. The van der Waals surface area contributed by atoms with Gasteiger partial charge in [-0.3, -0.25) is 9.69 Å². The normalized spacial score (nSPS) is 11.7. The van der Waals surface area contributed by atoms with E-state index in [0.29, 0.717) is 25.1 Å². The van der Waals surface area contributed by atoms with Crippen LogP contribution in [0.2, 0.25) is 0 Å². The van der Waals surface area contributed by atoms with E-state index in [2.05, 4.69) is 22.5 Å². The lowest BCUT2D eigenvalue weighted by atomic mass is 9.95. The van der Waals surface area contributed by atoms with Gasteiger partial charge < -0.3 is 16.4 Å². The van der Waals surface area contributed by atoms with Crippen molar-refractivity contribution in [2.24, 2.45) is 10.7 Å². The Hall–Kier alpha value is -3.49. The molecule has 0 bridgehead atoms. The van der Waals surface area contributed by atoms with E-state index in [1.54, 1.807) is 13.8 Å². The van der Waals surface area contributed by atoms with E-state index < -0.39 is 17.2 Å². The largest absolute Gasteiger partial charge is 0.369 e. The van der Waals surface area contributed by atoms with Crippen molar-refractivity contribution in [3.05, 3.63) is 70.8 Å². The molecule has 0 atom stereocenters. The second kappa shape index (κ2) is 12.7. The topological polar surface area (TPSA) is 99.8 Å². The molecule has 4 N–H and O–H groups in total. The van der Waals surface area contributed by atoms with Gasteiger partial charge >= 0.3 is 6.03 Å². The maximum atomic E-state index is 13.5. The number of guanidine groups is 1. The zero-order chi connectivity index (χ0) is 25.1. The average Bonchev–Trinajstić information content (AvgIpc) is 2.75. The number of nitrogens with zero attached hydrogens (tertiary/aromatic N) is 2. The van der Waals surface area contributed by atoms with Crippen LogP contribution >= 0.6 is 0 Å². The minimum Gasteiger partial charge on any atom is -0.369 e. The van der Waals surface area contributed by atoms with Crippen LogP contribution in [0.1, 0.15) is 50.3 Å². The van der Waals surface area contributed by atoms with Crippen molar-refractivity contribution in [1.29, 1.82) is 0 Å². The van der Waals surface area contributed by atoms with Crippen molar-refractivity contribution in [2.75, 3.05) is 6.54 Å². The highest BCUT2D eigenvalue weighted by molar-refractivity contribution is 5.87. The number of rotatable bonds is 11. The molecule has 2 rings (SSSR count). The molecule has 0 aliphatic heterocycles. The predicted octanol–water partition coefficient (Wildman–Crippen LogP) is 3.86. The number of nitrogens with two attached hydrogens (primary N) is 1. The van der Waals surface area contributed by atoms with Crippen LogP contribution in [0.3, 0.4) is 0 Å². The molecule has 0 heterocycles. The van der Waals surface area contributed by atoms with Gasteiger partial charge in [0.2, 0.25) is 6.41 Å². The van der Waals surface area contributed by atoms with Crippen LogP contribution in [0.15, 0.2) is 47.5 Å². The molecule has 0 unspecified atom stereocenters. The molecule has 3 amide bonds. The summed E-state index contributed by atoms with van der Waals surface area (Å²) < 4.78 is 27.0. The third kappa shape index (κ3) is 9.17. The molecular weight excluding hydrogens is 440 g/mol. The first-order chi connectivity index (χ1) is 16.1. The maximum absolute atomic E-state index is 13.5. The number of unbranched alkanes of at least 4 members (excludes halogenated alkanes) is 1. The first-order valence-corrected chi connectivity index (χ1v) is 11.2. The summed E-state index contributed by atoms with van der Waals surface area (Å²) >= 11 is 0. The molecule has 0 fully saturated rings. The summed E-state index contributed by atoms with van der Waals surface area (Å²) in [7, 11) is 0. The third-order valence-electron chi connectivity index (χ3n) is 5.04. The van der Waals surface area contributed by atoms with Crippen molar-refractivity contribution >= 4 is 18.4 Å². The lowest BCUT2D eigenvalue weighted by Crippen LogP contribution is -2.39. The minimum absolute atomic E-state index is 0.00590. The molecule has 7 nitrogen and oxygen atoms in total. The Morgan fingerprint density at radius 3 is 2.26 bits per heavy atom. The van der Waals surface area contributed by atoms with E-state index in [9.17, 15) is 18.4 Å². The Bertz CT molecular complexity index is 973. The molecule has 0 saturated carbocycles. The predicted molar refractivity (Wildman–Crippen MR) is 129 cm³/mol. The summed E-state index contributed by atoms with van der Waals surface area (Å²) in [6.45, 7) is 6.82. The number of aliphatic imine (C=N–C) groups is 1. The molecule has 0 aliphatic rings. The second-order valence-electron chi connectivity index (χ2n) is 8.75. The zero-order valence-corrected chi connectivity index (χ0v) is 19.9. The van der Waals surface area contributed by atoms with Crippen LogP contribution in [0.5, 0.6) is 0 Å². The van der Waals surface area contributed by atoms with Crippen LogP contribution in [-0.2, 0) is 24.3 Å². The highest BCUT2D eigenvalue weighted by Crippen LogP contribution is 2.19. The minimum atomic E-state index is -0.793. The molecule has 2 aromatic rings. The standard InChI is InChI=1S/C25H33F2N5O2/c1-4-5-10-29-24(34)30-15-18-6-8-19(9-7-18)16-32(17-33)23(28)31-25(2,3)14-20-11-21(26)13-22(27)12-20/h6-9,11-13,17H,4-5,10,14-16H2,1-3H3,(H2,28,31)(H2,29,30,34). The molecule has 0 aliphatic carbocycles. The summed E-state index contributed by atoms with van der Waals surface area (Å²) in [5.74, 6) is -1.31. The Labute approximate surface area is 199 Å². The number of carbonyl (C=O) groups is 2. The SMILES string of the molecule is CCCCNC(=O)NCc1ccc(CN(C=O)C(N)=NC(C)(C)Cc2cc(F)cc(F)c2)cc1. The number of hydrogen-bond acceptors (Lipinski definition) is 3. The van der Waals surface area contributed by atoms with Gasteiger partial charge in [0.15, 0.2) is 5.96 Å². The van der Waals surface area contributed by atoms with Crippen LogP contribution in [0, 0.1) is 11.6 Å². The average molecular weight is 474 g/mol. The van der Waals surface area contributed by atoms with Crippen LogP contribution < -0.4 is 16.4 Å². The van der Waals surface area contributed by atoms with Crippen molar-refractivity contribution in [3.63, 3.8) is 0 Å². The van der Waals surface area contributed by atoms with E-state index in [4.69, 9.17) is 5.73 Å². The van der Waals surface area contributed by atoms with Gasteiger partial charge in [-0.2, -0.15) is 0 Å². The Kier molecular flexibility index (Phi) is 9.97. The lowest BCUT2D eigenvalue weighted by Gasteiger charge is -2.24. The summed E-state index contributed by atoms with van der Waals surface area (Å²) in [6.07, 6.45) is 2.78. The van der Waals surface area contributed by atoms with E-state index in [1.165, 1.54) is 17.0 Å². The number of hydrogen-bond donors (Lipinski definition) is 3. The van der Waals surface area contributed by atoms with E-state index in [0.717, 1.165) is 30.0 Å². The highest BCUT2D eigenvalue weighted by atomic mass is 19.1. The zero-order valence-electron chi connectivity index (χ0n) is 19.9. The number of nitrogens with one attached hydrogen (secondary N) is 2. The molecular formula is C25H33F2N5O2. The molecule has 9 heteroatoms. The van der Waals surface area contributed by atoms with Gasteiger partial charge in [-0.1, -0.05) is 37.6 Å². The van der Waals surface area contributed by atoms with Crippen molar-refractivity contribution < 1.29 is 18.4 Å². The molecule has 0 aromatic heterocycles. The fourth-order valence-electron chi connectivity index (χ4n) is 3.38. The Morgan fingerprint density at radius 1 is 1.06 bits per heavy atom. The van der Waals surface area contributed by atoms with Gasteiger partial charge in [0.25, 0.3) is 0 Å². The molecule has 0 radical (unpaired) electrons. The van der Waals surface area contributed by atoms with Crippen LogP contribution in [-0.4, -0.2) is 35.4 Å². The molecule has 0 spiro atoms. The first-order valence-electron chi connectivity index (χ1n) is 11.2. The van der Waals surface area contributed by atoms with Gasteiger partial charge in [0.05, 0.1) is 12.1 Å². The number of carbonyl (C=O) groups excluding carboxylic acids is 2. The highest BCUT2D eigenvalue weighted by Gasteiger charge is 2.21. The fraction of sp³-hybridized carbons (Fsp3) is 0.400. The second-order valence-corrected chi connectivity index (χ2v) is 8.75. The van der Waals surface area contributed by atoms with Crippen molar-refractivity contribution in [3.8, 4) is 0 Å². The van der Waals surface area contributed by atoms with Gasteiger partial charge in [0, 0.05) is 19.2 Å². The van der Waals surface area contributed by atoms with Gasteiger partial charge in [-0.15, -0.1) is 0 Å². The van der Waals surface area contributed by atoms with Crippen LogP contribution in [0.4, 0.5) is 13.6 Å². The fourth-order valence-corrected chi connectivity index (χ4v) is 3.38. The van der Waals surface area contributed by atoms with Gasteiger partial charge in [-0.25, -0.2) is 18.6 Å². The summed E-state index contributed by atoms with van der Waals surface area (Å²) in [5.41, 5.74) is 7.47. The molecule has 0 saturated heterocycles. The van der Waals surface area contributed by atoms with Gasteiger partial charge in [0.1, 0.15) is 11.6 Å². The molecule has 34 heavy (non-hydrogen) atoms. The summed E-state index contributed by atoms with van der Waals surface area (Å²) in [5, 5.41) is 5.59. The molecule has 2 aromatic carbocycles. The van der Waals surface area contributed by atoms with E-state index in [-0.39, 0.29) is 25.0 Å². The number of urea groups is 1. The van der Waals surface area contributed by atoms with Gasteiger partial charge in [-0.05, 0) is 55.5 Å².